The van der Waals surface area contributed by atoms with Gasteiger partial charge in [-0.05, 0) is 24.3 Å². The number of aromatic amines is 1. The van der Waals surface area contributed by atoms with E-state index in [1.165, 1.54) is 24.3 Å². The molecule has 5 atom stereocenters. The number of nitrogens with one attached hydrogen (secondary N) is 4. The van der Waals surface area contributed by atoms with Crippen LogP contribution in [0.4, 0.5) is 0 Å². The summed E-state index contributed by atoms with van der Waals surface area (Å²) in [6, 6.07) is -4.64. The van der Waals surface area contributed by atoms with Gasteiger partial charge in [-0.2, -0.15) is 11.8 Å². The number of nitrogens with zero attached hydrogens (tertiary/aromatic N) is 1. The largest absolute Gasteiger partial charge is 0.480 e. The van der Waals surface area contributed by atoms with Crippen molar-refractivity contribution in [1.82, 2.24) is 25.9 Å². The van der Waals surface area contributed by atoms with E-state index in [9.17, 15) is 29.1 Å². The second-order valence-electron chi connectivity index (χ2n) is 8.17. The van der Waals surface area contributed by atoms with E-state index < -0.39 is 66.1 Å². The molecule has 9 N–H and O–H groups in total. The third-order valence-corrected chi connectivity index (χ3v) is 6.04. The van der Waals surface area contributed by atoms with Crippen molar-refractivity contribution in [3.05, 3.63) is 18.2 Å². The van der Waals surface area contributed by atoms with E-state index in [-0.39, 0.29) is 6.42 Å². The molecule has 0 aliphatic heterocycles. The quantitative estimate of drug-likeness (QED) is 0.136. The van der Waals surface area contributed by atoms with Crippen molar-refractivity contribution >= 4 is 41.4 Å². The number of carboxylic acids is 1. The molecule has 1 heterocycles. The smallest absolute Gasteiger partial charge is 0.326 e. The highest BCUT2D eigenvalue weighted by Crippen LogP contribution is 2.10. The molecule has 0 aromatic carbocycles. The number of amides is 4. The minimum atomic E-state index is -1.35. The molecule has 0 fully saturated rings. The highest BCUT2D eigenvalue weighted by molar-refractivity contribution is 7.98. The third-order valence-electron chi connectivity index (χ3n) is 5.39. The lowest BCUT2D eigenvalue weighted by Gasteiger charge is -2.27. The van der Waals surface area contributed by atoms with Gasteiger partial charge in [-0.15, -0.1) is 0 Å². The average Bonchev–Trinajstić information content (AvgIpc) is 3.31. The van der Waals surface area contributed by atoms with E-state index in [1.807, 2.05) is 6.26 Å². The van der Waals surface area contributed by atoms with E-state index in [2.05, 4.69) is 25.9 Å². The Balaban J connectivity index is 2.98. The number of aliphatic carboxylic acids is 1. The maximum atomic E-state index is 13.0. The molecular formula is C21H35N7O6S. The second kappa shape index (κ2) is 15.0. The van der Waals surface area contributed by atoms with Gasteiger partial charge in [0.2, 0.25) is 23.6 Å². The van der Waals surface area contributed by atoms with Gasteiger partial charge >= 0.3 is 5.97 Å². The number of imidazole rings is 1. The Morgan fingerprint density at radius 3 is 2.29 bits per heavy atom. The number of hydrogen-bond donors (Lipinski definition) is 7. The van der Waals surface area contributed by atoms with Crippen molar-refractivity contribution < 1.29 is 29.1 Å². The van der Waals surface area contributed by atoms with Crippen molar-refractivity contribution in [2.24, 2.45) is 17.4 Å². The summed E-state index contributed by atoms with van der Waals surface area (Å²) >= 11 is 1.50. The van der Waals surface area contributed by atoms with Crippen LogP contribution in [0.3, 0.4) is 0 Å². The number of carboxylic acid groups (broad SMARTS) is 1. The predicted molar refractivity (Wildman–Crippen MR) is 130 cm³/mol. The number of hydrogen-bond acceptors (Lipinski definition) is 8. The van der Waals surface area contributed by atoms with Crippen molar-refractivity contribution in [2.45, 2.75) is 63.7 Å². The summed E-state index contributed by atoms with van der Waals surface area (Å²) in [4.78, 5) is 68.2. The molecule has 1 rings (SSSR count). The second-order valence-corrected chi connectivity index (χ2v) is 9.16. The van der Waals surface area contributed by atoms with Crippen LogP contribution in [0.15, 0.2) is 12.5 Å². The van der Waals surface area contributed by atoms with E-state index >= 15 is 0 Å². The highest BCUT2D eigenvalue weighted by Gasteiger charge is 2.33. The van der Waals surface area contributed by atoms with Gasteiger partial charge in [0.15, 0.2) is 0 Å². The molecule has 14 heteroatoms. The van der Waals surface area contributed by atoms with E-state index in [0.717, 1.165) is 0 Å². The number of primary amides is 1. The van der Waals surface area contributed by atoms with Gasteiger partial charge in [-0.1, -0.05) is 20.3 Å². The summed E-state index contributed by atoms with van der Waals surface area (Å²) in [7, 11) is 0. The molecule has 5 unspecified atom stereocenters. The van der Waals surface area contributed by atoms with Gasteiger partial charge < -0.3 is 37.5 Å². The number of aromatic nitrogens is 2. The lowest BCUT2D eigenvalue weighted by Crippen LogP contribution is -2.59. The Morgan fingerprint density at radius 1 is 1.11 bits per heavy atom. The molecule has 0 saturated carbocycles. The molecule has 196 valence electrons. The minimum Gasteiger partial charge on any atom is -0.480 e. The number of thioether (sulfide) groups is 1. The average molecular weight is 514 g/mol. The summed E-state index contributed by atoms with van der Waals surface area (Å²) in [5, 5.41) is 16.9. The van der Waals surface area contributed by atoms with Crippen molar-refractivity contribution in [1.29, 1.82) is 0 Å². The summed E-state index contributed by atoms with van der Waals surface area (Å²) in [5.41, 5.74) is 11.6. The van der Waals surface area contributed by atoms with Crippen LogP contribution >= 0.6 is 11.8 Å². The van der Waals surface area contributed by atoms with Crippen LogP contribution in [0.5, 0.6) is 0 Å². The Labute approximate surface area is 207 Å². The maximum Gasteiger partial charge on any atom is 0.326 e. The topological polar surface area (TPSA) is 222 Å². The van der Waals surface area contributed by atoms with Crippen LogP contribution in [-0.2, 0) is 30.4 Å². The maximum absolute atomic E-state index is 13.0. The van der Waals surface area contributed by atoms with E-state index in [1.54, 1.807) is 13.8 Å². The third kappa shape index (κ3) is 10.3. The molecule has 0 radical (unpaired) electrons. The molecular weight excluding hydrogens is 478 g/mol. The van der Waals surface area contributed by atoms with Gasteiger partial charge in [0, 0.05) is 18.3 Å². The normalized spacial score (nSPS) is 15.2. The van der Waals surface area contributed by atoms with Crippen LogP contribution < -0.4 is 27.4 Å². The SMILES string of the molecule is CCC(C)C(NC(=O)C(CC(N)=O)NC(=O)C(N)CCSC)C(=O)NC(Cc1cnc[nH]1)C(=O)O. The Morgan fingerprint density at radius 2 is 1.77 bits per heavy atom. The van der Waals surface area contributed by atoms with Gasteiger partial charge in [-0.3, -0.25) is 19.2 Å². The van der Waals surface area contributed by atoms with Gasteiger partial charge in [-0.25, -0.2) is 9.78 Å². The van der Waals surface area contributed by atoms with E-state index in [4.69, 9.17) is 11.5 Å². The Hall–Kier alpha value is -3.13. The number of H-pyrrole nitrogens is 1. The Bertz CT molecular complexity index is 866. The van der Waals surface area contributed by atoms with Crippen LogP contribution in [0, 0.1) is 5.92 Å². The standard InChI is InChI=1S/C21H35N7O6S/c1-4-11(2)17(20(32)27-15(21(33)34)7-12-9-24-10-25-12)28-19(31)14(8-16(23)29)26-18(30)13(22)5-6-35-3/h9-11,13-15,17H,4-8,22H2,1-3H3,(H2,23,29)(H,24,25)(H,26,30)(H,27,32)(H,28,31)(H,33,34). The number of carbonyl (C=O) groups excluding carboxylic acids is 4. The summed E-state index contributed by atoms with van der Waals surface area (Å²) in [6.45, 7) is 3.50. The first kappa shape index (κ1) is 29.9. The number of nitrogens with two attached hydrogens (primary N) is 2. The molecule has 35 heavy (non-hydrogen) atoms. The van der Waals surface area contributed by atoms with Crippen LogP contribution in [-0.4, -0.2) is 80.8 Å². The van der Waals surface area contributed by atoms with Gasteiger partial charge in [0.1, 0.15) is 18.1 Å². The first-order valence-corrected chi connectivity index (χ1v) is 12.5. The van der Waals surface area contributed by atoms with Crippen LogP contribution in [0.2, 0.25) is 0 Å². The van der Waals surface area contributed by atoms with Crippen molar-refractivity contribution in [3.63, 3.8) is 0 Å². The summed E-state index contributed by atoms with van der Waals surface area (Å²) in [5.74, 6) is -4.03. The fourth-order valence-electron chi connectivity index (χ4n) is 3.10. The molecule has 0 saturated heterocycles. The lowest BCUT2D eigenvalue weighted by molar-refractivity contribution is -0.142. The molecule has 0 spiro atoms. The lowest BCUT2D eigenvalue weighted by atomic mass is 9.97. The monoisotopic (exact) mass is 513 g/mol. The van der Waals surface area contributed by atoms with Crippen molar-refractivity contribution in [3.8, 4) is 0 Å². The zero-order valence-electron chi connectivity index (χ0n) is 20.1. The first-order valence-electron chi connectivity index (χ1n) is 11.1. The molecule has 1 aromatic rings. The fraction of sp³-hybridized carbons (Fsp3) is 0.619. The number of carbonyl (C=O) groups is 5. The molecule has 0 aliphatic rings. The summed E-state index contributed by atoms with van der Waals surface area (Å²) in [6.07, 6.45) is 4.98. The zero-order valence-corrected chi connectivity index (χ0v) is 20.9. The number of rotatable bonds is 16. The van der Waals surface area contributed by atoms with Gasteiger partial charge in [0.25, 0.3) is 0 Å². The highest BCUT2D eigenvalue weighted by atomic mass is 32.2. The first-order chi connectivity index (χ1) is 16.5. The Kier molecular flexibility index (Phi) is 12.8. The molecule has 1 aromatic heterocycles. The fourth-order valence-corrected chi connectivity index (χ4v) is 3.59. The van der Waals surface area contributed by atoms with E-state index in [0.29, 0.717) is 24.3 Å². The van der Waals surface area contributed by atoms with Crippen LogP contribution in [0.25, 0.3) is 0 Å². The molecule has 4 amide bonds. The minimum absolute atomic E-state index is 0.0451. The van der Waals surface area contributed by atoms with Gasteiger partial charge in [0.05, 0.1) is 18.8 Å². The molecule has 0 aliphatic carbocycles. The van der Waals surface area contributed by atoms with Crippen molar-refractivity contribution in [2.75, 3.05) is 12.0 Å². The predicted octanol–water partition coefficient (Wildman–Crippen LogP) is -1.51. The molecule has 13 nitrogen and oxygen atoms in total. The molecule has 0 bridgehead atoms. The zero-order chi connectivity index (χ0) is 26.5. The summed E-state index contributed by atoms with van der Waals surface area (Å²) < 4.78 is 0. The van der Waals surface area contributed by atoms with Crippen LogP contribution in [0.1, 0.15) is 38.8 Å².